The van der Waals surface area contributed by atoms with Crippen molar-refractivity contribution in [3.05, 3.63) is 17.5 Å². The first-order valence-electron chi connectivity index (χ1n) is 8.97. The van der Waals surface area contributed by atoms with Crippen molar-refractivity contribution in [1.29, 1.82) is 0 Å². The number of aromatic amines is 1. The third kappa shape index (κ3) is 1.88. The SMILES string of the molecule is CC1(c2[nH]ncc2C(=O)NC2C3CC4CC(C3)CC2C4)CC1. The Morgan fingerprint density at radius 3 is 2.41 bits per heavy atom. The molecule has 5 aliphatic carbocycles. The van der Waals surface area contributed by atoms with Crippen LogP contribution in [0.3, 0.4) is 0 Å². The van der Waals surface area contributed by atoms with Crippen LogP contribution in [0.15, 0.2) is 6.20 Å². The number of nitrogens with zero attached hydrogens (tertiary/aromatic N) is 1. The molecule has 1 aromatic rings. The fourth-order valence-electron chi connectivity index (χ4n) is 5.75. The first kappa shape index (κ1) is 13.1. The van der Waals surface area contributed by atoms with Crippen LogP contribution >= 0.6 is 0 Å². The van der Waals surface area contributed by atoms with Crippen molar-refractivity contribution < 1.29 is 4.79 Å². The topological polar surface area (TPSA) is 57.8 Å². The number of carbonyl (C=O) groups excluding carboxylic acids is 1. The second-order valence-corrected chi connectivity index (χ2v) is 8.65. The Morgan fingerprint density at radius 1 is 1.18 bits per heavy atom. The molecular weight excluding hydrogens is 274 g/mol. The van der Waals surface area contributed by atoms with E-state index in [1.54, 1.807) is 6.20 Å². The third-order valence-electron chi connectivity index (χ3n) is 7.01. The molecule has 1 aromatic heterocycles. The number of rotatable bonds is 3. The molecule has 0 spiro atoms. The summed E-state index contributed by atoms with van der Waals surface area (Å²) in [7, 11) is 0. The number of carbonyl (C=O) groups is 1. The molecule has 0 aromatic carbocycles. The summed E-state index contributed by atoms with van der Waals surface area (Å²) in [5.74, 6) is 3.46. The van der Waals surface area contributed by atoms with E-state index in [2.05, 4.69) is 22.4 Å². The smallest absolute Gasteiger partial charge is 0.255 e. The molecule has 5 saturated carbocycles. The van der Waals surface area contributed by atoms with Crippen molar-refractivity contribution in [1.82, 2.24) is 15.5 Å². The Morgan fingerprint density at radius 2 is 1.82 bits per heavy atom. The van der Waals surface area contributed by atoms with Crippen molar-refractivity contribution in [2.24, 2.45) is 23.7 Å². The van der Waals surface area contributed by atoms with E-state index in [1.165, 1.54) is 32.1 Å². The van der Waals surface area contributed by atoms with E-state index in [0.717, 1.165) is 47.8 Å². The molecule has 0 atom stereocenters. The first-order chi connectivity index (χ1) is 10.6. The van der Waals surface area contributed by atoms with Gasteiger partial charge in [-0.05, 0) is 68.6 Å². The molecule has 1 heterocycles. The largest absolute Gasteiger partial charge is 0.349 e. The summed E-state index contributed by atoms with van der Waals surface area (Å²) in [5, 5.41) is 10.6. The lowest BCUT2D eigenvalue weighted by atomic mass is 9.54. The van der Waals surface area contributed by atoms with Crippen LogP contribution in [0.5, 0.6) is 0 Å². The Labute approximate surface area is 131 Å². The fraction of sp³-hybridized carbons (Fsp3) is 0.778. The van der Waals surface area contributed by atoms with Crippen LogP contribution in [0.2, 0.25) is 0 Å². The maximum atomic E-state index is 12.8. The number of aromatic nitrogens is 2. The molecule has 0 unspecified atom stereocenters. The third-order valence-corrected chi connectivity index (χ3v) is 7.01. The van der Waals surface area contributed by atoms with Gasteiger partial charge >= 0.3 is 0 Å². The number of nitrogens with one attached hydrogen (secondary N) is 2. The summed E-state index contributed by atoms with van der Waals surface area (Å²) in [4.78, 5) is 12.8. The fourth-order valence-corrected chi connectivity index (χ4v) is 5.75. The number of H-pyrrole nitrogens is 1. The van der Waals surface area contributed by atoms with Crippen LogP contribution in [0.25, 0.3) is 0 Å². The number of hydrogen-bond donors (Lipinski definition) is 2. The quantitative estimate of drug-likeness (QED) is 0.901. The second-order valence-electron chi connectivity index (χ2n) is 8.65. The summed E-state index contributed by atoms with van der Waals surface area (Å²) in [6.45, 7) is 2.22. The van der Waals surface area contributed by atoms with Gasteiger partial charge in [0.1, 0.15) is 0 Å². The van der Waals surface area contributed by atoms with Gasteiger partial charge in [-0.25, -0.2) is 0 Å². The highest BCUT2D eigenvalue weighted by atomic mass is 16.1. The van der Waals surface area contributed by atoms with Gasteiger partial charge in [0.15, 0.2) is 0 Å². The Kier molecular flexibility index (Phi) is 2.61. The Hall–Kier alpha value is -1.32. The summed E-state index contributed by atoms with van der Waals surface area (Å²) in [5.41, 5.74) is 2.00. The van der Waals surface area contributed by atoms with Crippen LogP contribution in [0.4, 0.5) is 0 Å². The molecule has 4 bridgehead atoms. The summed E-state index contributed by atoms with van der Waals surface area (Å²) in [6.07, 6.45) is 10.9. The van der Waals surface area contributed by atoms with Crippen LogP contribution in [-0.4, -0.2) is 22.1 Å². The van der Waals surface area contributed by atoms with Gasteiger partial charge in [-0.1, -0.05) is 6.92 Å². The number of hydrogen-bond acceptors (Lipinski definition) is 2. The van der Waals surface area contributed by atoms with Crippen LogP contribution in [0.1, 0.15) is 67.9 Å². The summed E-state index contributed by atoms with van der Waals surface area (Å²) < 4.78 is 0. The molecule has 0 aliphatic heterocycles. The zero-order valence-corrected chi connectivity index (χ0v) is 13.3. The maximum Gasteiger partial charge on any atom is 0.255 e. The number of amides is 1. The molecule has 4 nitrogen and oxygen atoms in total. The van der Waals surface area contributed by atoms with E-state index >= 15 is 0 Å². The van der Waals surface area contributed by atoms with E-state index in [1.807, 2.05) is 0 Å². The zero-order chi connectivity index (χ0) is 14.9. The van der Waals surface area contributed by atoms with Gasteiger partial charge in [0, 0.05) is 11.5 Å². The van der Waals surface area contributed by atoms with Crippen molar-refractivity contribution in [2.75, 3.05) is 0 Å². The van der Waals surface area contributed by atoms with Gasteiger partial charge in [-0.15, -0.1) is 0 Å². The maximum absolute atomic E-state index is 12.8. The molecular formula is C18H25N3O. The zero-order valence-electron chi connectivity index (χ0n) is 13.3. The summed E-state index contributed by atoms with van der Waals surface area (Å²) >= 11 is 0. The Bertz CT molecular complexity index is 588. The summed E-state index contributed by atoms with van der Waals surface area (Å²) in [6, 6.07) is 0.412. The van der Waals surface area contributed by atoms with Gasteiger partial charge in [0.2, 0.25) is 0 Å². The second kappa shape index (κ2) is 4.36. The lowest BCUT2D eigenvalue weighted by molar-refractivity contribution is -0.0119. The van der Waals surface area contributed by atoms with Crippen LogP contribution in [0, 0.1) is 23.7 Å². The van der Waals surface area contributed by atoms with Gasteiger partial charge in [0.25, 0.3) is 5.91 Å². The van der Waals surface area contributed by atoms with Crippen molar-refractivity contribution >= 4 is 5.91 Å². The molecule has 6 rings (SSSR count). The van der Waals surface area contributed by atoms with Gasteiger partial charge < -0.3 is 5.32 Å². The molecule has 5 fully saturated rings. The molecule has 4 heteroatoms. The van der Waals surface area contributed by atoms with E-state index in [4.69, 9.17) is 0 Å². The predicted octanol–water partition coefficient (Wildman–Crippen LogP) is 3.02. The Balaban J connectivity index is 1.36. The van der Waals surface area contributed by atoms with E-state index in [-0.39, 0.29) is 11.3 Å². The molecule has 22 heavy (non-hydrogen) atoms. The molecule has 0 saturated heterocycles. The monoisotopic (exact) mass is 299 g/mol. The molecule has 0 radical (unpaired) electrons. The minimum absolute atomic E-state index is 0.106. The highest BCUT2D eigenvalue weighted by Crippen LogP contribution is 2.54. The highest BCUT2D eigenvalue weighted by molar-refractivity contribution is 5.95. The van der Waals surface area contributed by atoms with E-state index in [0.29, 0.717) is 6.04 Å². The first-order valence-corrected chi connectivity index (χ1v) is 8.97. The van der Waals surface area contributed by atoms with E-state index in [9.17, 15) is 4.79 Å². The average Bonchev–Trinajstić information content (AvgIpc) is 3.03. The lowest BCUT2D eigenvalue weighted by Gasteiger charge is -2.54. The van der Waals surface area contributed by atoms with Gasteiger partial charge in [-0.2, -0.15) is 5.10 Å². The highest BCUT2D eigenvalue weighted by Gasteiger charge is 2.49. The van der Waals surface area contributed by atoms with Gasteiger partial charge in [0.05, 0.1) is 17.5 Å². The van der Waals surface area contributed by atoms with E-state index < -0.39 is 0 Å². The minimum atomic E-state index is 0.106. The van der Waals surface area contributed by atoms with Crippen molar-refractivity contribution in [3.63, 3.8) is 0 Å². The standard InChI is InChI=1S/C18H25N3O/c1-18(2-3-18)16-14(9-19-21-16)17(22)20-15-12-5-10-4-11(7-12)8-13(15)6-10/h9-13,15H,2-8H2,1H3,(H,19,21)(H,20,22). The molecule has 2 N–H and O–H groups in total. The van der Waals surface area contributed by atoms with Crippen LogP contribution < -0.4 is 5.32 Å². The van der Waals surface area contributed by atoms with Gasteiger partial charge in [-0.3, -0.25) is 9.89 Å². The normalized spacial score (nSPS) is 40.7. The molecule has 5 aliphatic rings. The molecule has 118 valence electrons. The van der Waals surface area contributed by atoms with Crippen molar-refractivity contribution in [3.8, 4) is 0 Å². The lowest BCUT2D eigenvalue weighted by Crippen LogP contribution is -2.55. The minimum Gasteiger partial charge on any atom is -0.349 e. The van der Waals surface area contributed by atoms with Crippen molar-refractivity contribution in [2.45, 2.75) is 63.3 Å². The average molecular weight is 299 g/mol. The molecule has 1 amide bonds. The van der Waals surface area contributed by atoms with Crippen LogP contribution in [-0.2, 0) is 5.41 Å². The predicted molar refractivity (Wildman–Crippen MR) is 83.5 cm³/mol.